The summed E-state index contributed by atoms with van der Waals surface area (Å²) in [6.45, 7) is 10.2. The van der Waals surface area contributed by atoms with Gasteiger partial charge in [-0.25, -0.2) is 0 Å². The third-order valence-corrected chi connectivity index (χ3v) is 9.27. The summed E-state index contributed by atoms with van der Waals surface area (Å²) in [7, 11) is 0. The van der Waals surface area contributed by atoms with Crippen LogP contribution in [0.1, 0.15) is 55.6 Å². The number of nitrogens with one attached hydrogen (secondary N) is 1. The molecule has 2 heterocycles. The maximum absolute atomic E-state index is 13.4. The fraction of sp³-hybridized carbons (Fsp3) is 0.308. The van der Waals surface area contributed by atoms with E-state index in [2.05, 4.69) is 26.1 Å². The molecule has 47 heavy (non-hydrogen) atoms. The number of ether oxygens (including phenoxy) is 2. The molecule has 0 aliphatic carbocycles. The summed E-state index contributed by atoms with van der Waals surface area (Å²) in [5.74, 6) is 0.304. The van der Waals surface area contributed by atoms with Crippen molar-refractivity contribution in [2.75, 3.05) is 43.1 Å². The minimum absolute atomic E-state index is 0.0297. The molecule has 2 aliphatic heterocycles. The highest BCUT2D eigenvalue weighted by atomic mass is 16.5. The highest BCUT2D eigenvalue weighted by Crippen LogP contribution is 2.51. The van der Waals surface area contributed by atoms with Crippen LogP contribution in [0.5, 0.6) is 5.75 Å². The molecule has 1 saturated heterocycles. The van der Waals surface area contributed by atoms with Crippen molar-refractivity contribution in [2.45, 2.75) is 45.1 Å². The molecule has 6 rings (SSSR count). The Balaban J connectivity index is 1.25. The van der Waals surface area contributed by atoms with Gasteiger partial charge in [0.1, 0.15) is 5.75 Å². The summed E-state index contributed by atoms with van der Waals surface area (Å²) in [5, 5.41) is 3.08. The largest absolute Gasteiger partial charge is 0.484 e. The lowest BCUT2D eigenvalue weighted by molar-refractivity contribution is -0.137. The summed E-state index contributed by atoms with van der Waals surface area (Å²) in [6.07, 6.45) is 0.653. The molecule has 8 heteroatoms. The fourth-order valence-electron chi connectivity index (χ4n) is 7.09. The molecule has 242 valence electrons. The van der Waals surface area contributed by atoms with Crippen LogP contribution in [0.15, 0.2) is 97.1 Å². The van der Waals surface area contributed by atoms with E-state index in [9.17, 15) is 14.4 Å². The molecular weight excluding hydrogens is 590 g/mol. The smallest absolute Gasteiger partial charge is 0.260 e. The lowest BCUT2D eigenvalue weighted by Gasteiger charge is -2.51. The van der Waals surface area contributed by atoms with Crippen LogP contribution in [0, 0.1) is 0 Å². The van der Waals surface area contributed by atoms with Crippen LogP contribution in [0.4, 0.5) is 11.4 Å². The summed E-state index contributed by atoms with van der Waals surface area (Å²) < 4.78 is 11.2. The average molecular weight is 632 g/mol. The standard InChI is InChI=1S/C39H41N3O5/c1-27(43)42-35-19-16-32(40-37(45)30-12-10-29(11-13-30)28-8-6-5-7-9-28)24-34(35)39(4,26-38(42,2)3)31-14-17-33(18-15-31)47-25-36(44)41-20-22-46-23-21-41/h5-19,24H,20-23,25-26H2,1-4H3,(H,40,45). The molecular formula is C39H41N3O5. The first-order chi connectivity index (χ1) is 22.5. The second-order valence-corrected chi connectivity index (χ2v) is 13.1. The highest BCUT2D eigenvalue weighted by molar-refractivity contribution is 6.05. The Kier molecular flexibility index (Phi) is 8.88. The van der Waals surface area contributed by atoms with Crippen molar-refractivity contribution in [3.63, 3.8) is 0 Å². The first-order valence-corrected chi connectivity index (χ1v) is 16.1. The van der Waals surface area contributed by atoms with Gasteiger partial charge in [0.15, 0.2) is 6.61 Å². The number of fused-ring (bicyclic) bond motifs is 1. The van der Waals surface area contributed by atoms with Crippen LogP contribution in [0.3, 0.4) is 0 Å². The predicted molar refractivity (Wildman–Crippen MR) is 184 cm³/mol. The normalized spacial score (nSPS) is 18.6. The topological polar surface area (TPSA) is 88.2 Å². The second-order valence-electron chi connectivity index (χ2n) is 13.1. The molecule has 1 atom stereocenters. The zero-order valence-corrected chi connectivity index (χ0v) is 27.4. The van der Waals surface area contributed by atoms with E-state index in [1.807, 2.05) is 102 Å². The molecule has 1 N–H and O–H groups in total. The molecule has 4 aromatic rings. The number of morpholine rings is 1. The molecule has 2 aliphatic rings. The van der Waals surface area contributed by atoms with Gasteiger partial charge in [-0.3, -0.25) is 14.4 Å². The maximum Gasteiger partial charge on any atom is 0.260 e. The maximum atomic E-state index is 13.4. The highest BCUT2D eigenvalue weighted by Gasteiger charge is 2.47. The number of hydrogen-bond acceptors (Lipinski definition) is 5. The number of carbonyl (C=O) groups excluding carboxylic acids is 3. The van der Waals surface area contributed by atoms with Crippen LogP contribution < -0.4 is 15.0 Å². The fourth-order valence-corrected chi connectivity index (χ4v) is 7.09. The van der Waals surface area contributed by atoms with E-state index < -0.39 is 11.0 Å². The number of carbonyl (C=O) groups is 3. The van der Waals surface area contributed by atoms with Gasteiger partial charge >= 0.3 is 0 Å². The summed E-state index contributed by atoms with van der Waals surface area (Å²) >= 11 is 0. The van der Waals surface area contributed by atoms with Crippen molar-refractivity contribution in [1.82, 2.24) is 4.90 Å². The van der Waals surface area contributed by atoms with Gasteiger partial charge in [0.05, 0.1) is 13.2 Å². The Morgan fingerprint density at radius 3 is 2.15 bits per heavy atom. The predicted octanol–water partition coefficient (Wildman–Crippen LogP) is 6.68. The minimum Gasteiger partial charge on any atom is -0.484 e. The molecule has 0 spiro atoms. The Morgan fingerprint density at radius 1 is 0.830 bits per heavy atom. The zero-order chi connectivity index (χ0) is 33.2. The van der Waals surface area contributed by atoms with Crippen LogP contribution in [-0.4, -0.2) is 61.1 Å². The van der Waals surface area contributed by atoms with Gasteiger partial charge in [-0.2, -0.15) is 0 Å². The van der Waals surface area contributed by atoms with Crippen molar-refractivity contribution >= 4 is 29.1 Å². The van der Waals surface area contributed by atoms with Crippen molar-refractivity contribution in [3.05, 3.63) is 114 Å². The first kappa shape index (κ1) is 32.0. The first-order valence-electron chi connectivity index (χ1n) is 16.1. The van der Waals surface area contributed by atoms with Crippen molar-refractivity contribution in [3.8, 4) is 16.9 Å². The van der Waals surface area contributed by atoms with E-state index in [1.165, 1.54) is 0 Å². The van der Waals surface area contributed by atoms with E-state index in [4.69, 9.17) is 9.47 Å². The SMILES string of the molecule is CC(=O)N1c2ccc(NC(=O)c3ccc(-c4ccccc4)cc3)cc2C(C)(c2ccc(OCC(=O)N3CCOCC3)cc2)CC1(C)C. The molecule has 4 aromatic carbocycles. The summed E-state index contributed by atoms with van der Waals surface area (Å²) in [4.78, 5) is 42.6. The van der Waals surface area contributed by atoms with Crippen LogP contribution in [0.25, 0.3) is 11.1 Å². The molecule has 0 bridgehead atoms. The van der Waals surface area contributed by atoms with E-state index in [0.29, 0.717) is 49.7 Å². The average Bonchev–Trinajstić information content (AvgIpc) is 3.08. The van der Waals surface area contributed by atoms with Gasteiger partial charge in [0, 0.05) is 47.9 Å². The lowest BCUT2D eigenvalue weighted by atomic mass is 9.65. The van der Waals surface area contributed by atoms with Crippen molar-refractivity contribution < 1.29 is 23.9 Å². The Hall–Kier alpha value is -4.95. The number of amides is 3. The molecule has 1 fully saturated rings. The summed E-state index contributed by atoms with van der Waals surface area (Å²) in [6, 6.07) is 31.2. The van der Waals surface area contributed by atoms with Crippen molar-refractivity contribution in [1.29, 1.82) is 0 Å². The molecule has 0 radical (unpaired) electrons. The molecule has 0 aromatic heterocycles. The van der Waals surface area contributed by atoms with E-state index in [0.717, 1.165) is 27.9 Å². The van der Waals surface area contributed by atoms with Gasteiger partial charge in [-0.1, -0.05) is 61.5 Å². The number of hydrogen-bond donors (Lipinski definition) is 1. The van der Waals surface area contributed by atoms with Crippen molar-refractivity contribution in [2.24, 2.45) is 0 Å². The van der Waals surface area contributed by atoms with Gasteiger partial charge in [0.25, 0.3) is 11.8 Å². The van der Waals surface area contributed by atoms with E-state index in [1.54, 1.807) is 11.8 Å². The lowest BCUT2D eigenvalue weighted by Crippen LogP contribution is -2.55. The third-order valence-electron chi connectivity index (χ3n) is 9.27. The van der Waals surface area contributed by atoms with E-state index >= 15 is 0 Å². The molecule has 1 unspecified atom stereocenters. The van der Waals surface area contributed by atoms with Gasteiger partial charge < -0.3 is 24.6 Å². The third kappa shape index (κ3) is 6.65. The van der Waals surface area contributed by atoms with Crippen LogP contribution in [0.2, 0.25) is 0 Å². The van der Waals surface area contributed by atoms with Gasteiger partial charge in [-0.15, -0.1) is 0 Å². The zero-order valence-electron chi connectivity index (χ0n) is 27.4. The minimum atomic E-state index is -0.495. The molecule has 3 amide bonds. The quantitative estimate of drug-likeness (QED) is 0.246. The Labute approximate surface area is 276 Å². The monoisotopic (exact) mass is 631 g/mol. The number of nitrogens with zero attached hydrogens (tertiary/aromatic N) is 2. The van der Waals surface area contributed by atoms with Gasteiger partial charge in [0.2, 0.25) is 5.91 Å². The van der Waals surface area contributed by atoms with E-state index in [-0.39, 0.29) is 24.3 Å². The number of anilines is 2. The van der Waals surface area contributed by atoms with Crippen LogP contribution >= 0.6 is 0 Å². The van der Waals surface area contributed by atoms with Gasteiger partial charge in [-0.05, 0) is 85.0 Å². The second kappa shape index (κ2) is 13.0. The molecule has 8 nitrogen and oxygen atoms in total. The number of rotatable bonds is 7. The summed E-state index contributed by atoms with van der Waals surface area (Å²) in [5.41, 5.74) is 5.17. The Bertz CT molecular complexity index is 1760. The molecule has 0 saturated carbocycles. The number of benzene rings is 4. The Morgan fingerprint density at radius 2 is 1.49 bits per heavy atom. The van der Waals surface area contributed by atoms with Crippen LogP contribution in [-0.2, 0) is 19.7 Å².